The van der Waals surface area contributed by atoms with Gasteiger partial charge in [-0.15, -0.1) is 0 Å². The minimum Gasteiger partial charge on any atom is -0.493 e. The number of ether oxygens (including phenoxy) is 2. The average molecular weight is 307 g/mol. The molecule has 0 spiro atoms. The number of ketones is 1. The highest BCUT2D eigenvalue weighted by atomic mass is 16.5. The minimum absolute atomic E-state index is 0.00611. The van der Waals surface area contributed by atoms with Gasteiger partial charge in [0.1, 0.15) is 0 Å². The summed E-state index contributed by atoms with van der Waals surface area (Å²) in [7, 11) is 3.11. The monoisotopic (exact) mass is 307 g/mol. The van der Waals surface area contributed by atoms with E-state index in [1.165, 1.54) is 0 Å². The SMILES string of the molecule is COc1ccc(C(=O)CCCCNC(=O)C(C)C)cc1OC. The van der Waals surface area contributed by atoms with Crippen molar-refractivity contribution in [2.24, 2.45) is 5.92 Å². The van der Waals surface area contributed by atoms with Crippen molar-refractivity contribution >= 4 is 11.7 Å². The summed E-state index contributed by atoms with van der Waals surface area (Å²) < 4.78 is 10.3. The summed E-state index contributed by atoms with van der Waals surface area (Å²) in [5.41, 5.74) is 0.615. The number of methoxy groups -OCH3 is 2. The van der Waals surface area contributed by atoms with Crippen molar-refractivity contribution in [1.82, 2.24) is 5.32 Å². The molecule has 1 amide bonds. The zero-order valence-electron chi connectivity index (χ0n) is 13.8. The van der Waals surface area contributed by atoms with Crippen molar-refractivity contribution in [2.45, 2.75) is 33.1 Å². The molecule has 0 saturated carbocycles. The van der Waals surface area contributed by atoms with Crippen LogP contribution in [-0.4, -0.2) is 32.5 Å². The van der Waals surface area contributed by atoms with Crippen molar-refractivity contribution in [1.29, 1.82) is 0 Å². The molecule has 0 aliphatic carbocycles. The molecule has 5 nitrogen and oxygen atoms in total. The average Bonchev–Trinajstić information content (AvgIpc) is 2.53. The first-order valence-corrected chi connectivity index (χ1v) is 7.52. The van der Waals surface area contributed by atoms with E-state index >= 15 is 0 Å². The maximum Gasteiger partial charge on any atom is 0.222 e. The van der Waals surface area contributed by atoms with Crippen LogP contribution in [0.25, 0.3) is 0 Å². The molecule has 1 rings (SSSR count). The number of rotatable bonds is 9. The first-order chi connectivity index (χ1) is 10.5. The number of amides is 1. The Morgan fingerprint density at radius 3 is 2.36 bits per heavy atom. The van der Waals surface area contributed by atoms with Gasteiger partial charge in [-0.1, -0.05) is 13.8 Å². The van der Waals surface area contributed by atoms with Crippen LogP contribution in [0.1, 0.15) is 43.5 Å². The highest BCUT2D eigenvalue weighted by Crippen LogP contribution is 2.28. The fourth-order valence-corrected chi connectivity index (χ4v) is 1.98. The van der Waals surface area contributed by atoms with E-state index in [0.29, 0.717) is 30.0 Å². The molecule has 1 aromatic carbocycles. The Morgan fingerprint density at radius 2 is 1.77 bits per heavy atom. The molecule has 0 radical (unpaired) electrons. The summed E-state index contributed by atoms with van der Waals surface area (Å²) >= 11 is 0. The third-order valence-corrected chi connectivity index (χ3v) is 3.36. The van der Waals surface area contributed by atoms with Crippen LogP contribution in [-0.2, 0) is 4.79 Å². The Bertz CT molecular complexity index is 511. The van der Waals surface area contributed by atoms with Gasteiger partial charge in [-0.25, -0.2) is 0 Å². The number of hydrogen-bond acceptors (Lipinski definition) is 4. The third-order valence-electron chi connectivity index (χ3n) is 3.36. The van der Waals surface area contributed by atoms with Gasteiger partial charge in [-0.05, 0) is 31.0 Å². The van der Waals surface area contributed by atoms with E-state index < -0.39 is 0 Å². The molecule has 0 unspecified atom stereocenters. The second-order valence-corrected chi connectivity index (χ2v) is 5.40. The van der Waals surface area contributed by atoms with Gasteiger partial charge in [0.2, 0.25) is 5.91 Å². The Hall–Kier alpha value is -2.04. The summed E-state index contributed by atoms with van der Waals surface area (Å²) in [5, 5.41) is 2.84. The predicted molar refractivity (Wildman–Crippen MR) is 85.6 cm³/mol. The van der Waals surface area contributed by atoms with Crippen LogP contribution >= 0.6 is 0 Å². The lowest BCUT2D eigenvalue weighted by atomic mass is 10.0. The smallest absolute Gasteiger partial charge is 0.222 e. The highest BCUT2D eigenvalue weighted by molar-refractivity contribution is 5.96. The lowest BCUT2D eigenvalue weighted by Gasteiger charge is -2.09. The number of hydrogen-bond donors (Lipinski definition) is 1. The summed E-state index contributed by atoms with van der Waals surface area (Å²) in [6.07, 6.45) is 1.98. The van der Waals surface area contributed by atoms with Crippen LogP contribution in [0.3, 0.4) is 0 Å². The topological polar surface area (TPSA) is 64.6 Å². The van der Waals surface area contributed by atoms with E-state index in [1.54, 1.807) is 32.4 Å². The Balaban J connectivity index is 2.41. The third kappa shape index (κ3) is 5.39. The van der Waals surface area contributed by atoms with Gasteiger partial charge in [0.05, 0.1) is 14.2 Å². The molecule has 22 heavy (non-hydrogen) atoms. The molecule has 0 aromatic heterocycles. The van der Waals surface area contributed by atoms with Gasteiger partial charge < -0.3 is 14.8 Å². The number of benzene rings is 1. The van der Waals surface area contributed by atoms with Gasteiger partial charge in [0, 0.05) is 24.4 Å². The molecule has 0 heterocycles. The molecule has 0 aliphatic heterocycles. The quantitative estimate of drug-likeness (QED) is 0.563. The van der Waals surface area contributed by atoms with Gasteiger partial charge in [-0.3, -0.25) is 9.59 Å². The Labute approximate surface area is 132 Å². The second-order valence-electron chi connectivity index (χ2n) is 5.40. The van der Waals surface area contributed by atoms with Crippen molar-refractivity contribution in [2.75, 3.05) is 20.8 Å². The van der Waals surface area contributed by atoms with Crippen molar-refractivity contribution < 1.29 is 19.1 Å². The van der Waals surface area contributed by atoms with Crippen LogP contribution in [0, 0.1) is 5.92 Å². The summed E-state index contributed by atoms with van der Waals surface area (Å²) in [6.45, 7) is 4.32. The molecule has 5 heteroatoms. The van der Waals surface area contributed by atoms with Gasteiger partial charge in [-0.2, -0.15) is 0 Å². The molecule has 0 fully saturated rings. The molecule has 1 aromatic rings. The molecule has 122 valence electrons. The number of carbonyl (C=O) groups is 2. The number of carbonyl (C=O) groups excluding carboxylic acids is 2. The molecule has 0 aliphatic rings. The number of unbranched alkanes of at least 4 members (excludes halogenated alkanes) is 1. The molecular weight excluding hydrogens is 282 g/mol. The van der Waals surface area contributed by atoms with E-state index in [-0.39, 0.29) is 17.6 Å². The van der Waals surface area contributed by atoms with E-state index in [4.69, 9.17) is 9.47 Å². The fourth-order valence-electron chi connectivity index (χ4n) is 1.98. The first kappa shape index (κ1) is 18.0. The molecule has 0 saturated heterocycles. The van der Waals surface area contributed by atoms with E-state index in [0.717, 1.165) is 12.8 Å². The summed E-state index contributed by atoms with van der Waals surface area (Å²) in [4.78, 5) is 23.5. The normalized spacial score (nSPS) is 10.4. The Kier molecular flexibility index (Phi) is 7.43. The molecule has 1 N–H and O–H groups in total. The zero-order valence-corrected chi connectivity index (χ0v) is 13.8. The van der Waals surface area contributed by atoms with Crippen molar-refractivity contribution in [3.63, 3.8) is 0 Å². The highest BCUT2D eigenvalue weighted by Gasteiger charge is 2.11. The first-order valence-electron chi connectivity index (χ1n) is 7.52. The standard InChI is InChI=1S/C17H25NO4/c1-12(2)17(20)18-10-6-5-7-14(19)13-8-9-15(21-3)16(11-13)22-4/h8-9,11-12H,5-7,10H2,1-4H3,(H,18,20). The summed E-state index contributed by atoms with van der Waals surface area (Å²) in [5.74, 6) is 1.27. The fraction of sp³-hybridized carbons (Fsp3) is 0.529. The maximum absolute atomic E-state index is 12.1. The van der Waals surface area contributed by atoms with E-state index in [2.05, 4.69) is 5.32 Å². The van der Waals surface area contributed by atoms with Crippen LogP contribution in [0.2, 0.25) is 0 Å². The van der Waals surface area contributed by atoms with Gasteiger partial charge in [0.15, 0.2) is 17.3 Å². The number of nitrogens with one attached hydrogen (secondary N) is 1. The minimum atomic E-state index is -0.00611. The van der Waals surface area contributed by atoms with Crippen LogP contribution in [0.15, 0.2) is 18.2 Å². The molecule has 0 bridgehead atoms. The predicted octanol–water partition coefficient (Wildman–Crippen LogP) is 2.83. The molecule has 0 atom stereocenters. The van der Waals surface area contributed by atoms with Gasteiger partial charge >= 0.3 is 0 Å². The van der Waals surface area contributed by atoms with Crippen molar-refractivity contribution in [3.05, 3.63) is 23.8 Å². The second kappa shape index (κ2) is 9.07. The Morgan fingerprint density at radius 1 is 1.09 bits per heavy atom. The van der Waals surface area contributed by atoms with Crippen LogP contribution in [0.4, 0.5) is 0 Å². The maximum atomic E-state index is 12.1. The summed E-state index contributed by atoms with van der Waals surface area (Å²) in [6, 6.07) is 5.17. The van der Waals surface area contributed by atoms with Crippen LogP contribution in [0.5, 0.6) is 11.5 Å². The lowest BCUT2D eigenvalue weighted by Crippen LogP contribution is -2.28. The zero-order chi connectivity index (χ0) is 16.5. The van der Waals surface area contributed by atoms with E-state index in [1.807, 2.05) is 13.8 Å². The van der Waals surface area contributed by atoms with Gasteiger partial charge in [0.25, 0.3) is 0 Å². The number of Topliss-reactive ketones (excluding diaryl/α,β-unsaturated/α-hetero) is 1. The van der Waals surface area contributed by atoms with Crippen LogP contribution < -0.4 is 14.8 Å². The van der Waals surface area contributed by atoms with E-state index in [9.17, 15) is 9.59 Å². The van der Waals surface area contributed by atoms with Crippen molar-refractivity contribution in [3.8, 4) is 11.5 Å². The lowest BCUT2D eigenvalue weighted by molar-refractivity contribution is -0.123. The largest absolute Gasteiger partial charge is 0.493 e. The molecular formula is C17H25NO4.